The molecule has 0 aromatic heterocycles. The van der Waals surface area contributed by atoms with E-state index in [-0.39, 0.29) is 11.7 Å². The van der Waals surface area contributed by atoms with E-state index < -0.39 is 0 Å². The third-order valence-corrected chi connectivity index (χ3v) is 3.80. The molecule has 1 amide bonds. The molecule has 20 heavy (non-hydrogen) atoms. The number of amides is 1. The van der Waals surface area contributed by atoms with Crippen LogP contribution in [0.1, 0.15) is 23.2 Å². The van der Waals surface area contributed by atoms with Gasteiger partial charge in [0.05, 0.1) is 5.69 Å². The van der Waals surface area contributed by atoms with E-state index in [2.05, 4.69) is 19.0 Å². The molecule has 5 heteroatoms. The first-order chi connectivity index (χ1) is 9.47. The Balaban J connectivity index is 1.96. The lowest BCUT2D eigenvalue weighted by atomic mass is 9.96. The Morgan fingerprint density at radius 2 is 2.05 bits per heavy atom. The third kappa shape index (κ3) is 3.42. The first-order valence-corrected chi connectivity index (χ1v) is 7.00. The minimum Gasteiger partial charge on any atom is -0.506 e. The summed E-state index contributed by atoms with van der Waals surface area (Å²) in [6.07, 6.45) is 2.07. The number of phenolic OH excluding ortho intramolecular Hbond substituents is 1. The van der Waals surface area contributed by atoms with Crippen LogP contribution in [0.15, 0.2) is 18.2 Å². The van der Waals surface area contributed by atoms with E-state index in [1.807, 2.05) is 4.90 Å². The van der Waals surface area contributed by atoms with Gasteiger partial charge in [-0.2, -0.15) is 0 Å². The van der Waals surface area contributed by atoms with Crippen molar-refractivity contribution in [3.8, 4) is 5.75 Å². The predicted molar refractivity (Wildman–Crippen MR) is 79.7 cm³/mol. The molecule has 5 nitrogen and oxygen atoms in total. The Hall–Kier alpha value is -1.75. The van der Waals surface area contributed by atoms with Crippen molar-refractivity contribution < 1.29 is 9.90 Å². The number of carbonyl (C=O) groups excluding carboxylic acids is 1. The van der Waals surface area contributed by atoms with Gasteiger partial charge in [0, 0.05) is 25.2 Å². The van der Waals surface area contributed by atoms with Gasteiger partial charge in [0.1, 0.15) is 5.75 Å². The molecular weight excluding hydrogens is 254 g/mol. The molecular formula is C15H23N3O2. The Labute approximate surface area is 120 Å². The molecule has 1 heterocycles. The fraction of sp³-hybridized carbons (Fsp3) is 0.533. The summed E-state index contributed by atoms with van der Waals surface area (Å²) in [6.45, 7) is 2.63. The molecule has 0 atom stereocenters. The van der Waals surface area contributed by atoms with E-state index in [9.17, 15) is 9.90 Å². The Morgan fingerprint density at radius 1 is 1.40 bits per heavy atom. The van der Waals surface area contributed by atoms with Gasteiger partial charge in [-0.05, 0) is 51.1 Å². The lowest BCUT2D eigenvalue weighted by Gasteiger charge is -2.33. The third-order valence-electron chi connectivity index (χ3n) is 3.80. The molecule has 0 aliphatic carbocycles. The van der Waals surface area contributed by atoms with Crippen LogP contribution >= 0.6 is 0 Å². The van der Waals surface area contributed by atoms with Gasteiger partial charge in [-0.15, -0.1) is 0 Å². The molecule has 0 saturated carbocycles. The van der Waals surface area contributed by atoms with Crippen molar-refractivity contribution in [2.75, 3.05) is 39.5 Å². The van der Waals surface area contributed by atoms with Crippen molar-refractivity contribution in [1.82, 2.24) is 9.80 Å². The summed E-state index contributed by atoms with van der Waals surface area (Å²) >= 11 is 0. The molecule has 1 aromatic carbocycles. The van der Waals surface area contributed by atoms with Crippen LogP contribution in [0.5, 0.6) is 5.75 Å². The van der Waals surface area contributed by atoms with Gasteiger partial charge in [0.2, 0.25) is 0 Å². The monoisotopic (exact) mass is 277 g/mol. The van der Waals surface area contributed by atoms with E-state index in [1.54, 1.807) is 12.1 Å². The van der Waals surface area contributed by atoms with Crippen molar-refractivity contribution >= 4 is 11.6 Å². The molecule has 2 rings (SSSR count). The number of hydrogen-bond acceptors (Lipinski definition) is 4. The molecule has 1 saturated heterocycles. The Kier molecular flexibility index (Phi) is 4.49. The van der Waals surface area contributed by atoms with E-state index >= 15 is 0 Å². The van der Waals surface area contributed by atoms with Crippen LogP contribution in [0, 0.1) is 5.92 Å². The zero-order valence-corrected chi connectivity index (χ0v) is 12.2. The summed E-state index contributed by atoms with van der Waals surface area (Å²) in [5.41, 5.74) is 6.35. The molecule has 0 bridgehead atoms. The Bertz CT molecular complexity index is 480. The summed E-state index contributed by atoms with van der Waals surface area (Å²) < 4.78 is 0. The maximum atomic E-state index is 12.4. The number of nitrogens with zero attached hydrogens (tertiary/aromatic N) is 2. The average Bonchev–Trinajstić information content (AvgIpc) is 2.41. The standard InChI is InChI=1S/C15H23N3O2/c1-17(2)10-11-5-7-18(8-6-11)15(20)12-3-4-13(16)14(19)9-12/h3-4,9,11,19H,5-8,10,16H2,1-2H3. The summed E-state index contributed by atoms with van der Waals surface area (Å²) in [5.74, 6) is 0.607. The van der Waals surface area contributed by atoms with E-state index in [0.717, 1.165) is 32.5 Å². The smallest absolute Gasteiger partial charge is 0.253 e. The molecule has 110 valence electrons. The van der Waals surface area contributed by atoms with E-state index in [0.29, 0.717) is 17.2 Å². The van der Waals surface area contributed by atoms with Crippen LogP contribution in [0.25, 0.3) is 0 Å². The normalized spacial score (nSPS) is 16.6. The maximum Gasteiger partial charge on any atom is 0.253 e. The number of nitrogen functional groups attached to an aromatic ring is 1. The number of phenols is 1. The minimum atomic E-state index is -0.0293. The van der Waals surface area contributed by atoms with Gasteiger partial charge in [-0.1, -0.05) is 0 Å². The average molecular weight is 277 g/mol. The van der Waals surface area contributed by atoms with Gasteiger partial charge in [-0.25, -0.2) is 0 Å². The molecule has 1 aliphatic rings. The van der Waals surface area contributed by atoms with E-state index in [1.165, 1.54) is 6.07 Å². The maximum absolute atomic E-state index is 12.4. The van der Waals surface area contributed by atoms with Gasteiger partial charge in [0.25, 0.3) is 5.91 Å². The quantitative estimate of drug-likeness (QED) is 0.647. The summed E-state index contributed by atoms with van der Waals surface area (Å²) in [4.78, 5) is 16.4. The zero-order chi connectivity index (χ0) is 14.7. The van der Waals surface area contributed by atoms with Gasteiger partial charge < -0.3 is 20.6 Å². The lowest BCUT2D eigenvalue weighted by molar-refractivity contribution is 0.0677. The van der Waals surface area contributed by atoms with Gasteiger partial charge in [-0.3, -0.25) is 4.79 Å². The number of likely N-dealkylation sites (tertiary alicyclic amines) is 1. The molecule has 0 radical (unpaired) electrons. The SMILES string of the molecule is CN(C)CC1CCN(C(=O)c2ccc(N)c(O)c2)CC1. The minimum absolute atomic E-state index is 0.0244. The lowest BCUT2D eigenvalue weighted by Crippen LogP contribution is -2.40. The number of nitrogens with two attached hydrogens (primary N) is 1. The van der Waals surface area contributed by atoms with E-state index in [4.69, 9.17) is 5.73 Å². The second-order valence-corrected chi connectivity index (χ2v) is 5.77. The fourth-order valence-corrected chi connectivity index (χ4v) is 2.69. The summed E-state index contributed by atoms with van der Waals surface area (Å²) in [6, 6.07) is 4.69. The Morgan fingerprint density at radius 3 is 2.60 bits per heavy atom. The first-order valence-electron chi connectivity index (χ1n) is 7.00. The number of rotatable bonds is 3. The van der Waals surface area contributed by atoms with Crippen LogP contribution in [0.4, 0.5) is 5.69 Å². The highest BCUT2D eigenvalue weighted by atomic mass is 16.3. The largest absolute Gasteiger partial charge is 0.506 e. The van der Waals surface area contributed by atoms with Crippen LogP contribution in [-0.2, 0) is 0 Å². The summed E-state index contributed by atoms with van der Waals surface area (Å²) in [7, 11) is 4.16. The first kappa shape index (κ1) is 14.7. The number of anilines is 1. The fourth-order valence-electron chi connectivity index (χ4n) is 2.69. The predicted octanol–water partition coefficient (Wildman–Crippen LogP) is 1.39. The highest BCUT2D eigenvalue weighted by Crippen LogP contribution is 2.24. The van der Waals surface area contributed by atoms with Gasteiger partial charge in [0.15, 0.2) is 0 Å². The topological polar surface area (TPSA) is 69.8 Å². The zero-order valence-electron chi connectivity index (χ0n) is 12.2. The number of hydrogen-bond donors (Lipinski definition) is 2. The number of piperidine rings is 1. The van der Waals surface area contributed by atoms with Crippen LogP contribution in [-0.4, -0.2) is 54.5 Å². The second kappa shape index (κ2) is 6.13. The van der Waals surface area contributed by atoms with Crippen LogP contribution in [0.3, 0.4) is 0 Å². The molecule has 0 spiro atoms. The highest BCUT2D eigenvalue weighted by molar-refractivity contribution is 5.95. The van der Waals surface area contributed by atoms with Crippen molar-refractivity contribution in [2.45, 2.75) is 12.8 Å². The number of carbonyl (C=O) groups is 1. The van der Waals surface area contributed by atoms with Crippen LogP contribution in [0.2, 0.25) is 0 Å². The molecule has 1 fully saturated rings. The second-order valence-electron chi connectivity index (χ2n) is 5.77. The van der Waals surface area contributed by atoms with Crippen molar-refractivity contribution in [3.63, 3.8) is 0 Å². The highest BCUT2D eigenvalue weighted by Gasteiger charge is 2.24. The summed E-state index contributed by atoms with van der Waals surface area (Å²) in [5, 5.41) is 9.59. The van der Waals surface area contributed by atoms with Crippen molar-refractivity contribution in [1.29, 1.82) is 0 Å². The van der Waals surface area contributed by atoms with Crippen molar-refractivity contribution in [2.24, 2.45) is 5.92 Å². The molecule has 3 N–H and O–H groups in total. The van der Waals surface area contributed by atoms with Crippen LogP contribution < -0.4 is 5.73 Å². The number of benzene rings is 1. The molecule has 1 aromatic rings. The molecule has 1 aliphatic heterocycles. The van der Waals surface area contributed by atoms with Gasteiger partial charge >= 0.3 is 0 Å². The number of aromatic hydroxyl groups is 1. The van der Waals surface area contributed by atoms with Crippen molar-refractivity contribution in [3.05, 3.63) is 23.8 Å². The molecule has 0 unspecified atom stereocenters.